The van der Waals surface area contributed by atoms with E-state index in [1.54, 1.807) is 7.05 Å². The molecule has 1 heterocycles. The van der Waals surface area contributed by atoms with Crippen molar-refractivity contribution in [3.05, 3.63) is 52.8 Å². The van der Waals surface area contributed by atoms with Gasteiger partial charge in [-0.3, -0.25) is 9.48 Å². The fourth-order valence-corrected chi connectivity index (χ4v) is 2.48. The van der Waals surface area contributed by atoms with E-state index in [9.17, 15) is 9.59 Å². The lowest BCUT2D eigenvalue weighted by molar-refractivity contribution is 0.0690. The van der Waals surface area contributed by atoms with Crippen molar-refractivity contribution in [2.45, 2.75) is 39.2 Å². The van der Waals surface area contributed by atoms with Gasteiger partial charge in [-0.2, -0.15) is 5.10 Å². The first-order valence-corrected chi connectivity index (χ1v) is 7.78. The molecule has 1 amide bonds. The molecule has 128 valence electrons. The van der Waals surface area contributed by atoms with Crippen molar-refractivity contribution in [3.8, 4) is 0 Å². The predicted molar refractivity (Wildman–Crippen MR) is 91.2 cm³/mol. The predicted octanol–water partition coefficient (Wildman–Crippen LogP) is 2.91. The molecule has 1 atom stereocenters. The summed E-state index contributed by atoms with van der Waals surface area (Å²) in [6, 6.07) is 7.80. The first kappa shape index (κ1) is 17.7. The van der Waals surface area contributed by atoms with E-state index in [0.29, 0.717) is 0 Å². The molecule has 1 aromatic heterocycles. The van der Waals surface area contributed by atoms with Crippen LogP contribution in [-0.2, 0) is 12.5 Å². The average Bonchev–Trinajstić information content (AvgIpc) is 2.88. The Morgan fingerprint density at radius 3 is 2.29 bits per heavy atom. The number of carbonyl (C=O) groups excluding carboxylic acids is 1. The smallest absolute Gasteiger partial charge is 0.339 e. The lowest BCUT2D eigenvalue weighted by atomic mass is 9.86. The molecule has 2 rings (SSSR count). The van der Waals surface area contributed by atoms with E-state index in [4.69, 9.17) is 5.11 Å². The number of nitrogens with one attached hydrogen (secondary N) is 1. The van der Waals surface area contributed by atoms with Gasteiger partial charge in [0.2, 0.25) is 0 Å². The molecule has 0 unspecified atom stereocenters. The fraction of sp³-hybridized carbons (Fsp3) is 0.389. The van der Waals surface area contributed by atoms with Crippen LogP contribution in [0.25, 0.3) is 0 Å². The summed E-state index contributed by atoms with van der Waals surface area (Å²) in [4.78, 5) is 23.6. The van der Waals surface area contributed by atoms with Gasteiger partial charge in [0.05, 0.1) is 12.2 Å². The molecule has 6 heteroatoms. The van der Waals surface area contributed by atoms with Crippen molar-refractivity contribution in [3.63, 3.8) is 0 Å². The second-order valence-electron chi connectivity index (χ2n) is 6.90. The minimum Gasteiger partial charge on any atom is -0.478 e. The van der Waals surface area contributed by atoms with Gasteiger partial charge in [0.1, 0.15) is 11.3 Å². The first-order chi connectivity index (χ1) is 11.1. The fourth-order valence-electron chi connectivity index (χ4n) is 2.48. The highest BCUT2D eigenvalue weighted by atomic mass is 16.4. The Morgan fingerprint density at radius 2 is 1.79 bits per heavy atom. The number of benzene rings is 1. The van der Waals surface area contributed by atoms with Crippen LogP contribution >= 0.6 is 0 Å². The molecule has 0 radical (unpaired) electrons. The highest BCUT2D eigenvalue weighted by Crippen LogP contribution is 2.24. The molecule has 0 fully saturated rings. The second kappa shape index (κ2) is 6.47. The maximum absolute atomic E-state index is 12.4. The first-order valence-electron chi connectivity index (χ1n) is 7.78. The van der Waals surface area contributed by atoms with Crippen molar-refractivity contribution < 1.29 is 14.7 Å². The molecule has 6 nitrogen and oxygen atoms in total. The van der Waals surface area contributed by atoms with Gasteiger partial charge in [-0.05, 0) is 23.5 Å². The zero-order chi connectivity index (χ0) is 18.1. The molecule has 0 aliphatic rings. The molecule has 2 aromatic rings. The molecule has 2 N–H and O–H groups in total. The average molecular weight is 329 g/mol. The Morgan fingerprint density at radius 1 is 1.21 bits per heavy atom. The SMILES string of the molecule is C[C@H](NC(=O)c1c(C(=O)O)cnn1C)c1ccc(C(C)(C)C)cc1. The van der Waals surface area contributed by atoms with Crippen LogP contribution < -0.4 is 5.32 Å². The quantitative estimate of drug-likeness (QED) is 0.903. The number of carboxylic acid groups (broad SMARTS) is 1. The Labute approximate surface area is 141 Å². The third-order valence-electron chi connectivity index (χ3n) is 4.01. The minimum absolute atomic E-state index is 0.0423. The van der Waals surface area contributed by atoms with E-state index in [-0.39, 0.29) is 22.7 Å². The molecular formula is C18H23N3O3. The number of amides is 1. The van der Waals surface area contributed by atoms with Crippen molar-refractivity contribution in [1.82, 2.24) is 15.1 Å². The number of hydrogen-bond acceptors (Lipinski definition) is 3. The molecule has 0 spiro atoms. The van der Waals surface area contributed by atoms with Crippen molar-refractivity contribution in [1.29, 1.82) is 0 Å². The Balaban J connectivity index is 2.18. The molecular weight excluding hydrogens is 306 g/mol. The maximum Gasteiger partial charge on any atom is 0.339 e. The van der Waals surface area contributed by atoms with Gasteiger partial charge in [-0.15, -0.1) is 0 Å². The Kier molecular flexibility index (Phi) is 4.78. The highest BCUT2D eigenvalue weighted by molar-refractivity contribution is 6.03. The summed E-state index contributed by atoms with van der Waals surface area (Å²) in [5.41, 5.74) is 2.17. The number of aromatic nitrogens is 2. The maximum atomic E-state index is 12.4. The van der Waals surface area contributed by atoms with Gasteiger partial charge in [-0.25, -0.2) is 4.79 Å². The van der Waals surface area contributed by atoms with Gasteiger partial charge < -0.3 is 10.4 Å². The Bertz CT molecular complexity index is 755. The van der Waals surface area contributed by atoms with E-state index in [1.807, 2.05) is 31.2 Å². The minimum atomic E-state index is -1.17. The monoisotopic (exact) mass is 329 g/mol. The zero-order valence-corrected chi connectivity index (χ0v) is 14.6. The largest absolute Gasteiger partial charge is 0.478 e. The van der Waals surface area contributed by atoms with Gasteiger partial charge >= 0.3 is 5.97 Å². The van der Waals surface area contributed by atoms with Gasteiger partial charge in [-0.1, -0.05) is 45.0 Å². The lowest BCUT2D eigenvalue weighted by Gasteiger charge is -2.20. The molecule has 24 heavy (non-hydrogen) atoms. The summed E-state index contributed by atoms with van der Waals surface area (Å²) in [5, 5.41) is 15.8. The number of aryl methyl sites for hydroxylation is 1. The lowest BCUT2D eigenvalue weighted by Crippen LogP contribution is -2.30. The van der Waals surface area contributed by atoms with Crippen LogP contribution in [0.5, 0.6) is 0 Å². The molecule has 1 aromatic carbocycles. The zero-order valence-electron chi connectivity index (χ0n) is 14.6. The summed E-state index contributed by atoms with van der Waals surface area (Å²) in [5.74, 6) is -1.63. The highest BCUT2D eigenvalue weighted by Gasteiger charge is 2.23. The number of nitrogens with zero attached hydrogens (tertiary/aromatic N) is 2. The van der Waals surface area contributed by atoms with E-state index >= 15 is 0 Å². The summed E-state index contributed by atoms with van der Waals surface area (Å²) >= 11 is 0. The number of aromatic carboxylic acids is 1. The van der Waals surface area contributed by atoms with Crippen LogP contribution in [0.4, 0.5) is 0 Å². The number of rotatable bonds is 4. The van der Waals surface area contributed by atoms with E-state index in [1.165, 1.54) is 16.4 Å². The summed E-state index contributed by atoms with van der Waals surface area (Å²) in [6.07, 6.45) is 1.18. The van der Waals surface area contributed by atoms with Crippen LogP contribution in [0.3, 0.4) is 0 Å². The van der Waals surface area contributed by atoms with Crippen LogP contribution in [0.2, 0.25) is 0 Å². The third kappa shape index (κ3) is 3.64. The second-order valence-corrected chi connectivity index (χ2v) is 6.90. The summed E-state index contributed by atoms with van der Waals surface area (Å²) < 4.78 is 1.27. The van der Waals surface area contributed by atoms with Crippen LogP contribution in [0.1, 0.15) is 65.7 Å². The van der Waals surface area contributed by atoms with E-state index in [0.717, 1.165) is 5.56 Å². The van der Waals surface area contributed by atoms with Crippen LogP contribution in [-0.4, -0.2) is 26.8 Å². The van der Waals surface area contributed by atoms with Gasteiger partial charge in [0.25, 0.3) is 5.91 Å². The normalized spacial score (nSPS) is 12.7. The molecule has 0 saturated heterocycles. The van der Waals surface area contributed by atoms with E-state index in [2.05, 4.69) is 31.2 Å². The molecule has 0 bridgehead atoms. The van der Waals surface area contributed by atoms with Crippen LogP contribution in [0.15, 0.2) is 30.5 Å². The summed E-state index contributed by atoms with van der Waals surface area (Å²) in [6.45, 7) is 8.29. The number of carbonyl (C=O) groups is 2. The van der Waals surface area contributed by atoms with Crippen molar-refractivity contribution in [2.24, 2.45) is 7.05 Å². The summed E-state index contributed by atoms with van der Waals surface area (Å²) in [7, 11) is 1.55. The van der Waals surface area contributed by atoms with Gasteiger partial charge in [0, 0.05) is 7.05 Å². The number of carboxylic acids is 1. The third-order valence-corrected chi connectivity index (χ3v) is 4.01. The molecule has 0 aliphatic carbocycles. The van der Waals surface area contributed by atoms with Crippen molar-refractivity contribution >= 4 is 11.9 Å². The molecule has 0 aliphatic heterocycles. The van der Waals surface area contributed by atoms with Crippen molar-refractivity contribution in [2.75, 3.05) is 0 Å². The standard InChI is InChI=1S/C18H23N3O3/c1-11(12-6-8-13(9-7-12)18(2,3)4)20-16(22)15-14(17(23)24)10-19-21(15)5/h6-11H,1-5H3,(H,20,22)(H,23,24)/t11-/m0/s1. The van der Waals surface area contributed by atoms with Crippen LogP contribution in [0, 0.1) is 0 Å². The Hall–Kier alpha value is -2.63. The number of hydrogen-bond donors (Lipinski definition) is 2. The molecule has 0 saturated carbocycles. The van der Waals surface area contributed by atoms with Gasteiger partial charge in [0.15, 0.2) is 0 Å². The topological polar surface area (TPSA) is 84.2 Å². The van der Waals surface area contributed by atoms with E-state index < -0.39 is 11.9 Å².